The third-order valence-electron chi connectivity index (χ3n) is 5.83. The summed E-state index contributed by atoms with van der Waals surface area (Å²) in [6.45, 7) is 1.36. The van der Waals surface area contributed by atoms with E-state index in [0.717, 1.165) is 35.4 Å². The van der Waals surface area contributed by atoms with Gasteiger partial charge in [0.05, 0.1) is 17.7 Å². The number of aromatic nitrogens is 1. The summed E-state index contributed by atoms with van der Waals surface area (Å²) in [7, 11) is 1.55. The molecular formula is C23H22ClF3N2O2. The average Bonchev–Trinajstić information content (AvgIpc) is 3.41. The first-order valence-electron chi connectivity index (χ1n) is 10.1. The van der Waals surface area contributed by atoms with Crippen molar-refractivity contribution in [3.8, 4) is 5.75 Å². The second-order valence-corrected chi connectivity index (χ2v) is 8.14. The maximum Gasteiger partial charge on any atom is 0.417 e. The number of nitrogens with zero attached hydrogens (tertiary/aromatic N) is 1. The normalized spacial score (nSPS) is 15.5. The Balaban J connectivity index is 1.82. The molecule has 0 spiro atoms. The number of halogens is 4. The van der Waals surface area contributed by atoms with Gasteiger partial charge < -0.3 is 14.6 Å². The molecule has 1 aliphatic rings. The van der Waals surface area contributed by atoms with E-state index in [1.165, 1.54) is 6.07 Å². The lowest BCUT2D eigenvalue weighted by Gasteiger charge is -2.22. The molecule has 8 heteroatoms. The molecule has 1 fully saturated rings. The minimum absolute atomic E-state index is 0.0664. The summed E-state index contributed by atoms with van der Waals surface area (Å²) in [5.41, 5.74) is 1.06. The van der Waals surface area contributed by atoms with Crippen LogP contribution in [-0.4, -0.2) is 36.0 Å². The van der Waals surface area contributed by atoms with Gasteiger partial charge in [-0.3, -0.25) is 4.79 Å². The lowest BCUT2D eigenvalue weighted by Crippen LogP contribution is -2.29. The van der Waals surface area contributed by atoms with Crippen molar-refractivity contribution in [2.75, 3.05) is 20.2 Å². The van der Waals surface area contributed by atoms with Crippen molar-refractivity contribution in [1.29, 1.82) is 0 Å². The summed E-state index contributed by atoms with van der Waals surface area (Å²) >= 11 is 5.84. The smallest absolute Gasteiger partial charge is 0.417 e. The Morgan fingerprint density at radius 3 is 2.61 bits per heavy atom. The quantitative estimate of drug-likeness (QED) is 0.518. The number of aromatic amines is 1. The van der Waals surface area contributed by atoms with Crippen LogP contribution in [0.15, 0.2) is 42.6 Å². The van der Waals surface area contributed by atoms with Crippen LogP contribution in [0.2, 0.25) is 5.02 Å². The SMILES string of the molecule is COc1ccc2[nH]cc([C@@H](CC(=O)N3CCCC3)c3ccc(Cl)c(C(F)(F)F)c3)c2c1. The Morgan fingerprint density at radius 1 is 1.19 bits per heavy atom. The van der Waals surface area contributed by atoms with Crippen molar-refractivity contribution < 1.29 is 22.7 Å². The van der Waals surface area contributed by atoms with Crippen LogP contribution in [0.5, 0.6) is 5.75 Å². The van der Waals surface area contributed by atoms with Crippen LogP contribution in [0.1, 0.15) is 41.9 Å². The van der Waals surface area contributed by atoms with Crippen LogP contribution >= 0.6 is 11.6 Å². The van der Waals surface area contributed by atoms with Crippen molar-refractivity contribution >= 4 is 28.4 Å². The summed E-state index contributed by atoms with van der Waals surface area (Å²) in [4.78, 5) is 17.9. The fourth-order valence-corrected chi connectivity index (χ4v) is 4.42. The number of rotatable bonds is 5. The number of likely N-dealkylation sites (tertiary alicyclic amines) is 1. The summed E-state index contributed by atoms with van der Waals surface area (Å²) < 4.78 is 45.9. The van der Waals surface area contributed by atoms with Gasteiger partial charge >= 0.3 is 6.18 Å². The number of benzene rings is 2. The van der Waals surface area contributed by atoms with Crippen molar-refractivity contribution in [2.45, 2.75) is 31.4 Å². The van der Waals surface area contributed by atoms with Gasteiger partial charge in [0.2, 0.25) is 5.91 Å². The fourth-order valence-electron chi connectivity index (χ4n) is 4.19. The van der Waals surface area contributed by atoms with E-state index in [2.05, 4.69) is 4.98 Å². The van der Waals surface area contributed by atoms with Gasteiger partial charge in [-0.1, -0.05) is 17.7 Å². The number of hydrogen-bond acceptors (Lipinski definition) is 2. The Kier molecular flexibility index (Phi) is 5.88. The van der Waals surface area contributed by atoms with Crippen molar-refractivity contribution in [2.24, 2.45) is 0 Å². The van der Waals surface area contributed by atoms with Crippen molar-refractivity contribution in [1.82, 2.24) is 9.88 Å². The van der Waals surface area contributed by atoms with Crippen LogP contribution in [0.4, 0.5) is 13.2 Å². The van der Waals surface area contributed by atoms with Gasteiger partial charge in [-0.25, -0.2) is 0 Å². The number of ether oxygens (including phenoxy) is 1. The average molecular weight is 451 g/mol. The van der Waals surface area contributed by atoms with E-state index in [1.807, 2.05) is 12.1 Å². The van der Waals surface area contributed by atoms with Gasteiger partial charge in [-0.05, 0) is 54.3 Å². The molecule has 0 unspecified atom stereocenters. The lowest BCUT2D eigenvalue weighted by atomic mass is 9.87. The Morgan fingerprint density at radius 2 is 1.94 bits per heavy atom. The first-order valence-corrected chi connectivity index (χ1v) is 10.4. The van der Waals surface area contributed by atoms with Gasteiger partial charge in [-0.15, -0.1) is 0 Å². The van der Waals surface area contributed by atoms with Crippen LogP contribution < -0.4 is 4.74 Å². The lowest BCUT2D eigenvalue weighted by molar-refractivity contribution is -0.137. The molecule has 31 heavy (non-hydrogen) atoms. The second kappa shape index (κ2) is 8.46. The molecule has 1 saturated heterocycles. The molecule has 0 radical (unpaired) electrons. The predicted molar refractivity (Wildman–Crippen MR) is 114 cm³/mol. The highest BCUT2D eigenvalue weighted by atomic mass is 35.5. The van der Waals surface area contributed by atoms with E-state index in [9.17, 15) is 18.0 Å². The zero-order chi connectivity index (χ0) is 22.2. The number of alkyl halides is 3. The van der Waals surface area contributed by atoms with Crippen LogP contribution in [0, 0.1) is 0 Å². The van der Waals surface area contributed by atoms with Crippen molar-refractivity contribution in [3.05, 3.63) is 64.3 Å². The molecule has 2 heterocycles. The van der Waals surface area contributed by atoms with Crippen LogP contribution in [0.25, 0.3) is 10.9 Å². The number of nitrogens with one attached hydrogen (secondary N) is 1. The highest BCUT2D eigenvalue weighted by Gasteiger charge is 2.35. The topological polar surface area (TPSA) is 45.3 Å². The van der Waals surface area contributed by atoms with E-state index in [-0.39, 0.29) is 17.4 Å². The zero-order valence-corrected chi connectivity index (χ0v) is 17.7. The van der Waals surface area contributed by atoms with Crippen LogP contribution in [0.3, 0.4) is 0 Å². The van der Waals surface area contributed by atoms with E-state index < -0.39 is 17.7 Å². The fraction of sp³-hybridized carbons (Fsp3) is 0.348. The summed E-state index contributed by atoms with van der Waals surface area (Å²) in [6.07, 6.45) is -0.864. The number of carbonyl (C=O) groups is 1. The molecule has 0 aliphatic carbocycles. The molecule has 1 N–H and O–H groups in total. The summed E-state index contributed by atoms with van der Waals surface area (Å²) in [6, 6.07) is 9.36. The molecular weight excluding hydrogens is 429 g/mol. The Labute approximate surface area is 182 Å². The molecule has 1 amide bonds. The Bertz CT molecular complexity index is 1100. The molecule has 0 bridgehead atoms. The molecule has 2 aromatic carbocycles. The Hall–Kier alpha value is -2.67. The maximum absolute atomic E-state index is 13.5. The van der Waals surface area contributed by atoms with E-state index in [0.29, 0.717) is 24.4 Å². The van der Waals surface area contributed by atoms with Gasteiger partial charge in [0, 0.05) is 42.5 Å². The molecule has 3 aromatic rings. The summed E-state index contributed by atoms with van der Waals surface area (Å²) in [5.74, 6) is 0.000587. The largest absolute Gasteiger partial charge is 0.497 e. The van der Waals surface area contributed by atoms with Crippen LogP contribution in [-0.2, 0) is 11.0 Å². The van der Waals surface area contributed by atoms with Gasteiger partial charge in [0.15, 0.2) is 0 Å². The molecule has 4 nitrogen and oxygen atoms in total. The standard InChI is InChI=1S/C23H22ClF3N2O2/c1-31-15-5-7-21-17(11-15)18(13-28-21)16(12-22(30)29-8-2-3-9-29)14-4-6-20(24)19(10-14)23(25,26)27/h4-7,10-11,13,16,28H,2-3,8-9,12H2,1H3/t16-/m0/s1. The monoisotopic (exact) mass is 450 g/mol. The first-order chi connectivity index (χ1) is 14.8. The van der Waals surface area contributed by atoms with E-state index in [1.54, 1.807) is 30.3 Å². The van der Waals surface area contributed by atoms with Gasteiger partial charge in [0.1, 0.15) is 5.75 Å². The number of fused-ring (bicyclic) bond motifs is 1. The third-order valence-corrected chi connectivity index (χ3v) is 6.16. The molecule has 1 atom stereocenters. The number of methoxy groups -OCH3 is 1. The van der Waals surface area contributed by atoms with Crippen molar-refractivity contribution in [3.63, 3.8) is 0 Å². The van der Waals surface area contributed by atoms with E-state index >= 15 is 0 Å². The number of hydrogen-bond donors (Lipinski definition) is 1. The highest BCUT2D eigenvalue weighted by Crippen LogP contribution is 2.40. The predicted octanol–water partition coefficient (Wildman–Crippen LogP) is 5.99. The third kappa shape index (κ3) is 4.37. The van der Waals surface area contributed by atoms with Gasteiger partial charge in [0.25, 0.3) is 0 Å². The van der Waals surface area contributed by atoms with E-state index in [4.69, 9.17) is 16.3 Å². The molecule has 164 valence electrons. The maximum atomic E-state index is 13.5. The second-order valence-electron chi connectivity index (χ2n) is 7.74. The number of H-pyrrole nitrogens is 1. The molecule has 4 rings (SSSR count). The number of carbonyl (C=O) groups excluding carboxylic acids is 1. The highest BCUT2D eigenvalue weighted by molar-refractivity contribution is 6.31. The zero-order valence-electron chi connectivity index (χ0n) is 16.9. The molecule has 0 saturated carbocycles. The molecule has 1 aromatic heterocycles. The first kappa shape index (κ1) is 21.6. The minimum atomic E-state index is -4.58. The number of amides is 1. The summed E-state index contributed by atoms with van der Waals surface area (Å²) in [5, 5.41) is 0.448. The minimum Gasteiger partial charge on any atom is -0.497 e. The molecule has 1 aliphatic heterocycles. The van der Waals surface area contributed by atoms with Gasteiger partial charge in [-0.2, -0.15) is 13.2 Å².